The Morgan fingerprint density at radius 3 is 2.69 bits per heavy atom. The van der Waals surface area contributed by atoms with Crippen molar-refractivity contribution >= 4 is 22.1 Å². The number of fused-ring (bicyclic) bond motifs is 3. The number of halogens is 3. The molecule has 6 rings (SSSR count). The number of rotatable bonds is 9. The smallest absolute Gasteiger partial charge is 0.345 e. The van der Waals surface area contributed by atoms with Crippen molar-refractivity contribution in [3.05, 3.63) is 52.5 Å². The third kappa shape index (κ3) is 5.65. The predicted molar refractivity (Wildman–Crippen MR) is 149 cm³/mol. The highest BCUT2D eigenvalue weighted by Gasteiger charge is 2.27. The molecule has 2 aliphatic rings. The molecule has 1 aromatic carbocycles. The van der Waals surface area contributed by atoms with Gasteiger partial charge in [-0.1, -0.05) is 6.07 Å². The first-order valence-electron chi connectivity index (χ1n) is 14.2. The van der Waals surface area contributed by atoms with Crippen molar-refractivity contribution in [3.63, 3.8) is 0 Å². The van der Waals surface area contributed by atoms with Crippen LogP contribution >= 0.6 is 0 Å². The molecule has 0 radical (unpaired) electrons. The van der Waals surface area contributed by atoms with E-state index in [0.717, 1.165) is 0 Å². The third-order valence-corrected chi connectivity index (χ3v) is 8.23. The first-order valence-corrected chi connectivity index (χ1v) is 14.2. The summed E-state index contributed by atoms with van der Waals surface area (Å²) in [5.41, 5.74) is 2.87. The molecule has 0 N–H and O–H groups in total. The number of ether oxygens (including phenoxy) is 3. The SMILES string of the molecule is C[C@@H](OCCN1CC[C@H](OC(F)F)C1)c1ccc(-c2cc3c(cc2F)nnc2c3n(C3CCOCC3)c(=O)n2C)cn1. The number of imidazole rings is 1. The summed E-state index contributed by atoms with van der Waals surface area (Å²) in [4.78, 5) is 19.8. The predicted octanol–water partition coefficient (Wildman–Crippen LogP) is 4.23. The van der Waals surface area contributed by atoms with Crippen LogP contribution in [0.1, 0.15) is 44.0 Å². The Balaban J connectivity index is 1.21. The number of aryl methyl sites for hydroxylation is 1. The van der Waals surface area contributed by atoms with Gasteiger partial charge in [0.15, 0.2) is 5.65 Å². The molecule has 42 heavy (non-hydrogen) atoms. The first-order chi connectivity index (χ1) is 20.3. The Kier molecular flexibility index (Phi) is 8.26. The maximum atomic E-state index is 15.4. The number of hydrogen-bond acceptors (Lipinski definition) is 8. The maximum Gasteiger partial charge on any atom is 0.345 e. The standard InChI is InChI=1S/C29H33F3N6O4/c1-17(41-12-9-37-8-5-20(16-37)42-28(31)32)24-4-3-18(15-33-24)21-13-22-25(14-23(21)30)34-35-27-26(22)38(29(39)36(27)2)19-6-10-40-11-7-19/h3-4,13-15,17,19-20,28H,5-12,16H2,1-2H3/t17-,20+/m1/s1. The molecule has 0 aliphatic carbocycles. The Morgan fingerprint density at radius 1 is 1.14 bits per heavy atom. The molecule has 224 valence electrons. The fourth-order valence-corrected chi connectivity index (χ4v) is 5.92. The molecule has 0 unspecified atom stereocenters. The second-order valence-electron chi connectivity index (χ2n) is 10.9. The van der Waals surface area contributed by atoms with E-state index < -0.39 is 18.5 Å². The molecule has 2 saturated heterocycles. The molecule has 0 spiro atoms. The minimum absolute atomic E-state index is 0.0452. The monoisotopic (exact) mass is 586 g/mol. The average molecular weight is 587 g/mol. The molecule has 0 saturated carbocycles. The van der Waals surface area contributed by atoms with E-state index in [1.54, 1.807) is 36.0 Å². The maximum absolute atomic E-state index is 15.4. The van der Waals surface area contributed by atoms with E-state index in [1.165, 1.54) is 10.6 Å². The highest BCUT2D eigenvalue weighted by atomic mass is 19.3. The number of pyridine rings is 1. The van der Waals surface area contributed by atoms with E-state index in [-0.39, 0.29) is 17.8 Å². The molecule has 5 heterocycles. The normalized spacial score (nSPS) is 19.4. The molecule has 10 nitrogen and oxygen atoms in total. The van der Waals surface area contributed by atoms with E-state index in [9.17, 15) is 13.6 Å². The molecule has 0 bridgehead atoms. The summed E-state index contributed by atoms with van der Waals surface area (Å²) < 4.78 is 59.5. The van der Waals surface area contributed by atoms with Gasteiger partial charge in [-0.2, -0.15) is 8.78 Å². The van der Waals surface area contributed by atoms with Gasteiger partial charge in [0.05, 0.1) is 30.0 Å². The van der Waals surface area contributed by atoms with Gasteiger partial charge in [0.2, 0.25) is 0 Å². The fraction of sp³-hybridized carbons (Fsp3) is 0.517. The van der Waals surface area contributed by atoms with Crippen LogP contribution in [0.25, 0.3) is 33.2 Å². The van der Waals surface area contributed by atoms with Crippen LogP contribution in [0.4, 0.5) is 13.2 Å². The molecular weight excluding hydrogens is 553 g/mol. The average Bonchev–Trinajstić information content (AvgIpc) is 3.53. The number of nitrogens with zero attached hydrogens (tertiary/aromatic N) is 6. The van der Waals surface area contributed by atoms with Gasteiger partial charge in [-0.05, 0) is 38.3 Å². The van der Waals surface area contributed by atoms with Crippen LogP contribution in [-0.2, 0) is 21.3 Å². The van der Waals surface area contributed by atoms with Gasteiger partial charge < -0.3 is 14.2 Å². The Bertz CT molecular complexity index is 1620. The zero-order chi connectivity index (χ0) is 29.4. The van der Waals surface area contributed by atoms with E-state index in [2.05, 4.69) is 19.9 Å². The largest absolute Gasteiger partial charge is 0.381 e. The molecule has 0 amide bonds. The number of benzene rings is 1. The molecule has 13 heteroatoms. The molecule has 2 atom stereocenters. The number of alkyl halides is 2. The topological polar surface area (TPSA) is 96.5 Å². The molecular formula is C29H33F3N6O4. The summed E-state index contributed by atoms with van der Waals surface area (Å²) in [6.45, 7) is 2.42. The lowest BCUT2D eigenvalue weighted by atomic mass is 10.0. The van der Waals surface area contributed by atoms with Gasteiger partial charge in [-0.25, -0.2) is 9.18 Å². The number of hydrogen-bond donors (Lipinski definition) is 0. The number of aromatic nitrogens is 5. The van der Waals surface area contributed by atoms with Crippen LogP contribution in [0.3, 0.4) is 0 Å². The number of likely N-dealkylation sites (tertiary alicyclic amines) is 1. The Labute approximate surface area is 240 Å². The van der Waals surface area contributed by atoms with Crippen LogP contribution in [0, 0.1) is 5.82 Å². The van der Waals surface area contributed by atoms with Gasteiger partial charge >= 0.3 is 12.3 Å². The second kappa shape index (κ2) is 12.1. The van der Waals surface area contributed by atoms with Crippen molar-refractivity contribution in [1.82, 2.24) is 29.2 Å². The molecule has 2 fully saturated rings. The molecule has 4 aromatic rings. The van der Waals surface area contributed by atoms with Gasteiger partial charge in [0.25, 0.3) is 0 Å². The van der Waals surface area contributed by atoms with E-state index >= 15 is 4.39 Å². The van der Waals surface area contributed by atoms with Crippen LogP contribution in [0.2, 0.25) is 0 Å². The van der Waals surface area contributed by atoms with Gasteiger partial charge in [-0.15, -0.1) is 10.2 Å². The van der Waals surface area contributed by atoms with Gasteiger partial charge in [-0.3, -0.25) is 19.0 Å². The van der Waals surface area contributed by atoms with Crippen molar-refractivity contribution in [1.29, 1.82) is 0 Å². The van der Waals surface area contributed by atoms with Gasteiger partial charge in [0, 0.05) is 74.7 Å². The Hall–Kier alpha value is -3.39. The van der Waals surface area contributed by atoms with E-state index in [0.29, 0.717) is 97.6 Å². The highest BCUT2D eigenvalue weighted by Crippen LogP contribution is 2.33. The lowest BCUT2D eigenvalue weighted by Crippen LogP contribution is -2.29. The van der Waals surface area contributed by atoms with E-state index in [4.69, 9.17) is 9.47 Å². The summed E-state index contributed by atoms with van der Waals surface area (Å²) in [5.74, 6) is -0.467. The minimum atomic E-state index is -2.75. The Morgan fingerprint density at radius 2 is 1.95 bits per heavy atom. The summed E-state index contributed by atoms with van der Waals surface area (Å²) in [7, 11) is 1.67. The summed E-state index contributed by atoms with van der Waals surface area (Å²) in [6, 6.07) is 6.61. The van der Waals surface area contributed by atoms with Crippen LogP contribution in [0.5, 0.6) is 0 Å². The fourth-order valence-electron chi connectivity index (χ4n) is 5.92. The van der Waals surface area contributed by atoms with Crippen molar-refractivity contribution in [2.45, 2.75) is 51.0 Å². The summed E-state index contributed by atoms with van der Waals surface area (Å²) in [6.07, 6.45) is 2.82. The lowest BCUT2D eigenvalue weighted by molar-refractivity contribution is -0.158. The van der Waals surface area contributed by atoms with Crippen LogP contribution in [-0.4, -0.2) is 81.4 Å². The summed E-state index contributed by atoms with van der Waals surface area (Å²) >= 11 is 0. The minimum Gasteiger partial charge on any atom is -0.381 e. The van der Waals surface area contributed by atoms with Crippen LogP contribution < -0.4 is 5.69 Å². The second-order valence-corrected chi connectivity index (χ2v) is 10.9. The zero-order valence-electron chi connectivity index (χ0n) is 23.5. The zero-order valence-corrected chi connectivity index (χ0v) is 23.5. The van der Waals surface area contributed by atoms with Crippen molar-refractivity contribution < 1.29 is 27.4 Å². The highest BCUT2D eigenvalue weighted by molar-refractivity contribution is 6.02. The quantitative estimate of drug-likeness (QED) is 0.288. The molecule has 2 aliphatic heterocycles. The van der Waals surface area contributed by atoms with Gasteiger partial charge in [0.1, 0.15) is 11.3 Å². The third-order valence-electron chi connectivity index (χ3n) is 8.23. The van der Waals surface area contributed by atoms with Crippen LogP contribution in [0.15, 0.2) is 35.3 Å². The van der Waals surface area contributed by atoms with Crippen molar-refractivity contribution in [2.24, 2.45) is 7.05 Å². The summed E-state index contributed by atoms with van der Waals surface area (Å²) in [5, 5.41) is 9.11. The van der Waals surface area contributed by atoms with Crippen molar-refractivity contribution in [2.75, 3.05) is 39.5 Å². The van der Waals surface area contributed by atoms with Crippen molar-refractivity contribution in [3.8, 4) is 11.1 Å². The lowest BCUT2D eigenvalue weighted by Gasteiger charge is -2.23. The first kappa shape index (κ1) is 28.7. The molecule has 3 aromatic heterocycles. The van der Waals surface area contributed by atoms with E-state index in [1.807, 2.05) is 11.8 Å².